The zero-order valence-corrected chi connectivity index (χ0v) is 26.9. The second-order valence-corrected chi connectivity index (χ2v) is 15.5. The highest BCUT2D eigenvalue weighted by atomic mass is 28.3. The largest absolute Gasteiger partial charge is 0.416 e. The minimum atomic E-state index is -4.75. The maximum Gasteiger partial charge on any atom is 0.416 e. The smallest absolute Gasteiger partial charge is 0.166 e. The molecular weight excluding hydrogens is 647 g/mol. The Morgan fingerprint density at radius 1 is 0.327 bits per heavy atom. The highest BCUT2D eigenvalue weighted by molar-refractivity contribution is 7.29. The maximum absolute atomic E-state index is 15.2. The second kappa shape index (κ2) is 12.6. The molecule has 7 heteroatoms. The van der Waals surface area contributed by atoms with Crippen LogP contribution in [0.5, 0.6) is 0 Å². The number of alkyl halides is 6. The van der Waals surface area contributed by atoms with Crippen molar-refractivity contribution in [2.75, 3.05) is 0 Å². The minimum Gasteiger partial charge on any atom is -0.166 e. The van der Waals surface area contributed by atoms with Crippen molar-refractivity contribution < 1.29 is 26.3 Å². The summed E-state index contributed by atoms with van der Waals surface area (Å²) in [6.45, 7) is 0. The van der Waals surface area contributed by atoms with Gasteiger partial charge in [-0.15, -0.1) is 0 Å². The Kier molecular flexibility index (Phi) is 8.24. The summed E-state index contributed by atoms with van der Waals surface area (Å²) < 4.78 is 91.1. The zero-order chi connectivity index (χ0) is 34.2. The Morgan fingerprint density at radius 3 is 0.939 bits per heavy atom. The van der Waals surface area contributed by atoms with Crippen molar-refractivity contribution in [1.82, 2.24) is 0 Å². The van der Waals surface area contributed by atoms with Crippen molar-refractivity contribution in [3.8, 4) is 0 Å². The van der Waals surface area contributed by atoms with E-state index in [-0.39, 0.29) is 11.1 Å². The van der Waals surface area contributed by atoms with Gasteiger partial charge in [0.1, 0.15) is 0 Å². The first-order chi connectivity index (χ1) is 23.6. The van der Waals surface area contributed by atoms with E-state index < -0.39 is 31.6 Å². The normalized spacial score (nSPS) is 14.7. The van der Waals surface area contributed by atoms with E-state index in [0.717, 1.165) is 12.1 Å². The van der Waals surface area contributed by atoms with Gasteiger partial charge in [0.15, 0.2) is 8.07 Å². The predicted molar refractivity (Wildman–Crippen MR) is 187 cm³/mol. The molecule has 0 atom stereocenters. The van der Waals surface area contributed by atoms with Gasteiger partial charge in [-0.2, -0.15) is 26.3 Å². The van der Waals surface area contributed by atoms with Gasteiger partial charge in [0.25, 0.3) is 0 Å². The van der Waals surface area contributed by atoms with Crippen LogP contribution in [-0.4, -0.2) is 8.07 Å². The van der Waals surface area contributed by atoms with Crippen LogP contribution in [-0.2, 0) is 12.4 Å². The molecule has 0 N–H and O–H groups in total. The molecule has 242 valence electrons. The summed E-state index contributed by atoms with van der Waals surface area (Å²) in [6.07, 6.45) is -9.50. The van der Waals surface area contributed by atoms with Crippen molar-refractivity contribution in [3.63, 3.8) is 0 Å². The molecule has 0 amide bonds. The predicted octanol–water partition coefficient (Wildman–Crippen LogP) is 10.6. The van der Waals surface area contributed by atoms with Crippen LogP contribution in [0.1, 0.15) is 33.4 Å². The zero-order valence-electron chi connectivity index (χ0n) is 25.9. The number of hydrogen-bond donors (Lipinski definition) is 0. The number of hydrogen-bond acceptors (Lipinski definition) is 0. The number of rotatable bonds is 6. The van der Waals surface area contributed by atoms with E-state index in [2.05, 4.69) is 0 Å². The highest BCUT2D eigenvalue weighted by Crippen LogP contribution is 2.57. The van der Waals surface area contributed by atoms with Crippen LogP contribution in [0.2, 0.25) is 0 Å². The van der Waals surface area contributed by atoms with Gasteiger partial charge < -0.3 is 0 Å². The van der Waals surface area contributed by atoms with Crippen molar-refractivity contribution in [3.05, 3.63) is 203 Å². The van der Waals surface area contributed by atoms with Gasteiger partial charge in [-0.25, -0.2) is 0 Å². The van der Waals surface area contributed by atoms with Crippen molar-refractivity contribution in [1.29, 1.82) is 0 Å². The van der Waals surface area contributed by atoms with E-state index >= 15 is 26.3 Å². The van der Waals surface area contributed by atoms with E-state index in [4.69, 9.17) is 0 Å². The molecule has 0 saturated carbocycles. The molecule has 49 heavy (non-hydrogen) atoms. The fourth-order valence-corrected chi connectivity index (χ4v) is 12.9. The average molecular weight is 675 g/mol. The molecule has 0 fully saturated rings. The van der Waals surface area contributed by atoms with Gasteiger partial charge >= 0.3 is 12.4 Å². The lowest BCUT2D eigenvalue weighted by molar-refractivity contribution is -0.138. The molecule has 0 unspecified atom stereocenters. The third-order valence-corrected chi connectivity index (χ3v) is 14.0. The van der Waals surface area contributed by atoms with Gasteiger partial charge in [0, 0.05) is 0 Å². The molecule has 0 nitrogen and oxygen atoms in total. The Morgan fingerprint density at radius 2 is 0.612 bits per heavy atom. The molecule has 0 radical (unpaired) electrons. The van der Waals surface area contributed by atoms with Crippen molar-refractivity contribution >= 4 is 40.0 Å². The van der Waals surface area contributed by atoms with Gasteiger partial charge in [0.2, 0.25) is 0 Å². The van der Waals surface area contributed by atoms with Crippen LogP contribution in [0.25, 0.3) is 21.5 Å². The lowest BCUT2D eigenvalue weighted by Crippen LogP contribution is -2.60. The van der Waals surface area contributed by atoms with Crippen molar-refractivity contribution in [2.24, 2.45) is 0 Å². The summed E-state index contributed by atoms with van der Waals surface area (Å²) >= 11 is 0. The van der Waals surface area contributed by atoms with Crippen LogP contribution in [0.15, 0.2) is 170 Å². The first-order valence-corrected chi connectivity index (χ1v) is 17.7. The highest BCUT2D eigenvalue weighted by Gasteiger charge is 2.55. The Hall–Kier alpha value is -5.40. The minimum absolute atomic E-state index is 0.0545. The monoisotopic (exact) mass is 674 g/mol. The Labute approximate surface area is 281 Å². The van der Waals surface area contributed by atoms with E-state index in [9.17, 15) is 0 Å². The molecule has 1 aliphatic rings. The molecule has 0 saturated heterocycles. The molecule has 0 spiro atoms. The number of benzene rings is 6. The summed E-state index contributed by atoms with van der Waals surface area (Å²) in [6, 6.07) is 47.2. The van der Waals surface area contributed by atoms with Gasteiger partial charge in [-0.3, -0.25) is 0 Å². The summed E-state index contributed by atoms with van der Waals surface area (Å²) in [5.74, 6) is 0. The standard InChI is InChI=1S/C42H28F6Si/c43-41(44,45)35-27-15-13-25-33(35)39-37(29-17-5-1-6-18-29)38(30-19-7-2-8-20-30)40(34-26-14-16-28-36(34)42(46,47)48)49(39,31-21-9-3-10-22-31)32-23-11-4-12-24-32/h1-28H. The molecule has 1 aliphatic heterocycles. The maximum atomic E-state index is 15.2. The van der Waals surface area contributed by atoms with Crippen LogP contribution >= 0.6 is 0 Å². The molecule has 6 aromatic rings. The third kappa shape index (κ3) is 5.54. The van der Waals surface area contributed by atoms with E-state index in [0.29, 0.717) is 43.0 Å². The summed E-state index contributed by atoms with van der Waals surface area (Å²) in [5.41, 5.74) is 0.375. The first-order valence-electron chi connectivity index (χ1n) is 15.7. The Balaban J connectivity index is 1.83. The molecular formula is C42H28F6Si. The quantitative estimate of drug-likeness (QED) is 0.122. The molecule has 1 heterocycles. The van der Waals surface area contributed by atoms with Crippen LogP contribution in [0, 0.1) is 0 Å². The third-order valence-electron chi connectivity index (χ3n) is 9.04. The molecule has 0 bridgehead atoms. The first kappa shape index (κ1) is 32.2. The molecule has 0 aromatic heterocycles. The van der Waals surface area contributed by atoms with Crippen molar-refractivity contribution in [2.45, 2.75) is 12.4 Å². The molecule has 7 rings (SSSR count). The lowest BCUT2D eigenvalue weighted by Gasteiger charge is -2.37. The van der Waals surface area contributed by atoms with E-state index in [1.807, 2.05) is 72.8 Å². The van der Waals surface area contributed by atoms with Crippen LogP contribution in [0.4, 0.5) is 26.3 Å². The van der Waals surface area contributed by atoms with E-state index in [1.54, 1.807) is 60.7 Å². The fraction of sp³-hybridized carbons (Fsp3) is 0.0476. The SMILES string of the molecule is FC(F)(F)c1ccccc1C1=C(c2ccccc2)C(c2ccccc2)=C(c2ccccc2C(F)(F)F)[Si]1(c1ccccc1)c1ccccc1. The fourth-order valence-electron chi connectivity index (χ4n) is 7.23. The van der Waals surface area contributed by atoms with Gasteiger partial charge in [0.05, 0.1) is 11.1 Å². The summed E-state index contributed by atoms with van der Waals surface area (Å²) in [5, 5.41) is 2.10. The van der Waals surface area contributed by atoms with Gasteiger partial charge in [-0.05, 0) is 66.3 Å². The van der Waals surface area contributed by atoms with Gasteiger partial charge in [-0.1, -0.05) is 158 Å². The van der Waals surface area contributed by atoms with E-state index in [1.165, 1.54) is 24.3 Å². The summed E-state index contributed by atoms with van der Waals surface area (Å²) in [4.78, 5) is 0. The second-order valence-electron chi connectivity index (χ2n) is 11.8. The average Bonchev–Trinajstić information content (AvgIpc) is 3.45. The Bertz CT molecular complexity index is 2010. The number of halogens is 6. The molecule has 0 aliphatic carbocycles. The number of allylic oxidation sites excluding steroid dienone is 2. The lowest BCUT2D eigenvalue weighted by atomic mass is 9.88. The molecule has 6 aromatic carbocycles. The summed E-state index contributed by atoms with van der Waals surface area (Å²) in [7, 11) is -4.08. The van der Waals surface area contributed by atoms with Crippen LogP contribution < -0.4 is 10.4 Å². The van der Waals surface area contributed by atoms with Crippen LogP contribution in [0.3, 0.4) is 0 Å². The topological polar surface area (TPSA) is 0 Å².